The summed E-state index contributed by atoms with van der Waals surface area (Å²) >= 11 is 0. The zero-order valence-corrected chi connectivity index (χ0v) is 28.2. The first kappa shape index (κ1) is 32.8. The monoisotopic (exact) mass is 693 g/mol. The van der Waals surface area contributed by atoms with Crippen molar-refractivity contribution in [3.63, 3.8) is 0 Å². The Bertz CT molecular complexity index is 2140. The summed E-state index contributed by atoms with van der Waals surface area (Å²) in [6, 6.07) is 24.4. The van der Waals surface area contributed by atoms with Gasteiger partial charge in [-0.05, 0) is 91.3 Å². The molecule has 2 N–H and O–H groups in total. The van der Waals surface area contributed by atoms with Crippen molar-refractivity contribution in [3.8, 4) is 11.1 Å². The van der Waals surface area contributed by atoms with Crippen molar-refractivity contribution in [3.05, 3.63) is 90.6 Å². The molecule has 4 heterocycles. The fourth-order valence-corrected chi connectivity index (χ4v) is 7.51. The number of pyridine rings is 1. The highest BCUT2D eigenvalue weighted by atomic mass is 19.4. The van der Waals surface area contributed by atoms with E-state index in [1.165, 1.54) is 6.07 Å². The van der Waals surface area contributed by atoms with E-state index in [0.29, 0.717) is 35.4 Å². The van der Waals surface area contributed by atoms with Crippen LogP contribution in [0.4, 0.5) is 40.7 Å². The summed E-state index contributed by atoms with van der Waals surface area (Å²) in [7, 11) is 2.06. The number of hydrogen-bond donors (Lipinski definition) is 2. The maximum Gasteiger partial charge on any atom is 0.418 e. The second kappa shape index (κ2) is 13.1. The molecule has 4 aromatic carbocycles. The molecule has 0 bridgehead atoms. The number of urea groups is 1. The molecule has 0 radical (unpaired) electrons. The van der Waals surface area contributed by atoms with Gasteiger partial charge >= 0.3 is 12.2 Å². The summed E-state index contributed by atoms with van der Waals surface area (Å²) in [6.07, 6.45) is -1.34. The van der Waals surface area contributed by atoms with E-state index < -0.39 is 11.7 Å². The van der Waals surface area contributed by atoms with Crippen LogP contribution in [0.25, 0.3) is 32.8 Å². The van der Waals surface area contributed by atoms with Crippen LogP contribution in [-0.4, -0.2) is 85.6 Å². The molecule has 2 saturated heterocycles. The van der Waals surface area contributed by atoms with Crippen molar-refractivity contribution in [2.24, 2.45) is 0 Å². The standard InChI is InChI=1S/C39H38F3N7O2/c1-46-14-12-29(13-15-46)44-38(51)48-18-16-47(17-19-48)35-11-9-30(22-32(35)39(40,41)42)49-24-36(50)45-34-23-43-33-10-8-28(21-31(33)37(34)49)27-7-6-25-4-2-3-5-26(25)20-27/h2-11,20-23,29H,12-19,24H2,1H3,(H,44,51)(H,45,50). The number of benzene rings is 4. The van der Waals surface area contributed by atoms with Crippen LogP contribution in [0.1, 0.15) is 18.4 Å². The smallest absolute Gasteiger partial charge is 0.367 e. The third-order valence-corrected chi connectivity index (χ3v) is 10.3. The van der Waals surface area contributed by atoms with E-state index in [1.54, 1.807) is 27.0 Å². The van der Waals surface area contributed by atoms with Crippen molar-refractivity contribution < 1.29 is 22.8 Å². The van der Waals surface area contributed by atoms with Gasteiger partial charge in [0, 0.05) is 49.0 Å². The molecular formula is C39H38F3N7O2. The molecule has 0 spiro atoms. The van der Waals surface area contributed by atoms with Gasteiger partial charge in [-0.15, -0.1) is 0 Å². The molecule has 3 aliphatic rings. The van der Waals surface area contributed by atoms with Gasteiger partial charge in [0.15, 0.2) is 0 Å². The zero-order valence-electron chi connectivity index (χ0n) is 28.2. The number of piperazine rings is 1. The Morgan fingerprint density at radius 3 is 2.35 bits per heavy atom. The largest absolute Gasteiger partial charge is 0.418 e. The summed E-state index contributed by atoms with van der Waals surface area (Å²) in [6.45, 7) is 2.85. The number of likely N-dealkylation sites (tertiary alicyclic amines) is 1. The molecule has 9 nitrogen and oxygen atoms in total. The number of halogens is 3. The number of nitrogens with one attached hydrogen (secondary N) is 2. The number of anilines is 4. The Kier molecular flexibility index (Phi) is 8.41. The number of rotatable bonds is 4. The molecule has 0 atom stereocenters. The van der Waals surface area contributed by atoms with E-state index in [9.17, 15) is 22.8 Å². The Balaban J connectivity index is 1.09. The third kappa shape index (κ3) is 6.51. The number of fused-ring (bicyclic) bond motifs is 4. The van der Waals surface area contributed by atoms with Gasteiger partial charge in [-0.1, -0.05) is 42.5 Å². The normalized spacial score (nSPS) is 17.5. The molecule has 2 fully saturated rings. The number of nitrogens with zero attached hydrogens (tertiary/aromatic N) is 5. The molecular weight excluding hydrogens is 655 g/mol. The number of carbonyl (C=O) groups excluding carboxylic acids is 2. The summed E-state index contributed by atoms with van der Waals surface area (Å²) in [5.74, 6) is -0.346. The van der Waals surface area contributed by atoms with Gasteiger partial charge in [0.2, 0.25) is 5.91 Å². The summed E-state index contributed by atoms with van der Waals surface area (Å²) in [4.78, 5) is 37.7. The lowest BCUT2D eigenvalue weighted by Crippen LogP contribution is -2.54. The Labute approximate surface area is 293 Å². The molecule has 0 aliphatic carbocycles. The average Bonchev–Trinajstić information content (AvgIpc) is 3.14. The van der Waals surface area contributed by atoms with E-state index in [2.05, 4.69) is 51.8 Å². The lowest BCUT2D eigenvalue weighted by Gasteiger charge is -2.39. The number of aromatic nitrogens is 1. The second-order valence-corrected chi connectivity index (χ2v) is 13.6. The zero-order chi connectivity index (χ0) is 35.3. The average molecular weight is 694 g/mol. The van der Waals surface area contributed by atoms with Gasteiger partial charge in [-0.25, -0.2) is 4.79 Å². The van der Waals surface area contributed by atoms with Gasteiger partial charge < -0.3 is 30.2 Å². The highest BCUT2D eigenvalue weighted by Crippen LogP contribution is 2.45. The quantitative estimate of drug-likeness (QED) is 0.209. The van der Waals surface area contributed by atoms with Gasteiger partial charge in [0.25, 0.3) is 0 Å². The summed E-state index contributed by atoms with van der Waals surface area (Å²) in [5, 5.41) is 8.90. The molecule has 3 amide bonds. The van der Waals surface area contributed by atoms with Crippen molar-refractivity contribution in [1.29, 1.82) is 0 Å². The summed E-state index contributed by atoms with van der Waals surface area (Å²) in [5.41, 5.74) is 3.11. The SMILES string of the molecule is CN1CCC(NC(=O)N2CCN(c3ccc(N4CC(=O)Nc5cnc6ccc(-c7ccc8ccccc8c7)cc6c54)cc3C(F)(F)F)CC2)CC1. The van der Waals surface area contributed by atoms with Crippen LogP contribution in [0, 0.1) is 0 Å². The Morgan fingerprint density at radius 2 is 1.59 bits per heavy atom. The van der Waals surface area contributed by atoms with Gasteiger partial charge in [-0.3, -0.25) is 9.78 Å². The summed E-state index contributed by atoms with van der Waals surface area (Å²) < 4.78 is 44.4. The highest BCUT2D eigenvalue weighted by Gasteiger charge is 2.38. The number of piperidine rings is 1. The van der Waals surface area contributed by atoms with Crippen LogP contribution in [0.2, 0.25) is 0 Å². The fraction of sp³-hybridized carbons (Fsp3) is 0.308. The lowest BCUT2D eigenvalue weighted by atomic mass is 9.98. The van der Waals surface area contributed by atoms with Crippen LogP contribution in [-0.2, 0) is 11.0 Å². The molecule has 5 aromatic rings. The molecule has 3 aliphatic heterocycles. The minimum Gasteiger partial charge on any atom is -0.367 e. The van der Waals surface area contributed by atoms with Crippen molar-refractivity contribution >= 4 is 56.4 Å². The van der Waals surface area contributed by atoms with E-state index in [-0.39, 0.29) is 49.0 Å². The minimum atomic E-state index is -4.65. The van der Waals surface area contributed by atoms with Crippen LogP contribution in [0.5, 0.6) is 0 Å². The van der Waals surface area contributed by atoms with Gasteiger partial charge in [0.05, 0.1) is 28.7 Å². The number of hydrogen-bond acceptors (Lipinski definition) is 6. The molecule has 0 unspecified atom stereocenters. The second-order valence-electron chi connectivity index (χ2n) is 13.6. The number of carbonyl (C=O) groups is 2. The first-order valence-electron chi connectivity index (χ1n) is 17.3. The van der Waals surface area contributed by atoms with Crippen molar-refractivity contribution in [2.45, 2.75) is 25.1 Å². The number of alkyl halides is 3. The molecule has 51 heavy (non-hydrogen) atoms. The van der Waals surface area contributed by atoms with E-state index in [1.807, 2.05) is 36.4 Å². The Hall–Kier alpha value is -5.36. The molecule has 12 heteroatoms. The van der Waals surface area contributed by atoms with E-state index in [4.69, 9.17) is 0 Å². The predicted octanol–water partition coefficient (Wildman–Crippen LogP) is 7.09. The maximum atomic E-state index is 14.8. The predicted molar refractivity (Wildman–Crippen MR) is 195 cm³/mol. The first-order valence-corrected chi connectivity index (χ1v) is 17.3. The molecule has 262 valence electrons. The number of amides is 3. The van der Waals surface area contributed by atoms with E-state index in [0.717, 1.165) is 53.9 Å². The van der Waals surface area contributed by atoms with E-state index >= 15 is 0 Å². The molecule has 0 saturated carbocycles. The Morgan fingerprint density at radius 1 is 0.863 bits per heavy atom. The third-order valence-electron chi connectivity index (χ3n) is 10.3. The van der Waals surface area contributed by atoms with Crippen LogP contribution in [0.3, 0.4) is 0 Å². The minimum absolute atomic E-state index is 0.0569. The molecule has 8 rings (SSSR count). The fourth-order valence-electron chi connectivity index (χ4n) is 7.51. The van der Waals surface area contributed by atoms with Gasteiger partial charge in [-0.2, -0.15) is 13.2 Å². The van der Waals surface area contributed by atoms with Crippen LogP contribution < -0.4 is 20.4 Å². The lowest BCUT2D eigenvalue weighted by molar-refractivity contribution is -0.137. The highest BCUT2D eigenvalue weighted by molar-refractivity contribution is 6.11. The van der Waals surface area contributed by atoms with Crippen molar-refractivity contribution in [1.82, 2.24) is 20.1 Å². The first-order chi connectivity index (χ1) is 24.6. The maximum absolute atomic E-state index is 14.8. The topological polar surface area (TPSA) is 84.1 Å². The van der Waals surface area contributed by atoms with Crippen molar-refractivity contribution in [2.75, 3.05) is 68.0 Å². The molecule has 1 aromatic heterocycles. The van der Waals surface area contributed by atoms with Gasteiger partial charge in [0.1, 0.15) is 6.54 Å². The van der Waals surface area contributed by atoms with Crippen LogP contribution >= 0.6 is 0 Å². The van der Waals surface area contributed by atoms with Crippen LogP contribution in [0.15, 0.2) is 85.1 Å².